The van der Waals surface area contributed by atoms with Gasteiger partial charge in [-0.1, -0.05) is 29.8 Å². The lowest BCUT2D eigenvalue weighted by Crippen LogP contribution is -1.98. The Morgan fingerprint density at radius 3 is 2.73 bits per heavy atom. The molecule has 0 aliphatic carbocycles. The van der Waals surface area contributed by atoms with Crippen molar-refractivity contribution in [2.75, 3.05) is 6.61 Å². The molecule has 1 heterocycles. The minimum absolute atomic E-state index is 0.138. The van der Waals surface area contributed by atoms with Crippen LogP contribution in [0.1, 0.15) is 28.4 Å². The van der Waals surface area contributed by atoms with Crippen molar-refractivity contribution in [3.05, 3.63) is 63.9 Å². The molecule has 22 heavy (non-hydrogen) atoms. The van der Waals surface area contributed by atoms with Crippen LogP contribution in [0.5, 0.6) is 11.5 Å². The van der Waals surface area contributed by atoms with Gasteiger partial charge in [0.1, 0.15) is 11.5 Å². The second-order valence-electron chi connectivity index (χ2n) is 4.96. The minimum atomic E-state index is -0.138. The average molecular weight is 315 g/mol. The number of rotatable bonds is 3. The van der Waals surface area contributed by atoms with E-state index in [1.807, 2.05) is 32.0 Å². The highest BCUT2D eigenvalue weighted by Gasteiger charge is 2.30. The van der Waals surface area contributed by atoms with Crippen LogP contribution < -0.4 is 9.47 Å². The van der Waals surface area contributed by atoms with Crippen LogP contribution in [0.25, 0.3) is 6.08 Å². The number of Topliss-reactive ketones (excluding diaryl/α,β-unsaturated/α-hetero) is 1. The summed E-state index contributed by atoms with van der Waals surface area (Å²) in [6.07, 6.45) is 1.67. The summed E-state index contributed by atoms with van der Waals surface area (Å²) in [4.78, 5) is 12.5. The van der Waals surface area contributed by atoms with Crippen molar-refractivity contribution >= 4 is 23.5 Å². The highest BCUT2D eigenvalue weighted by Crippen LogP contribution is 2.39. The standard InChI is InChI=1S/C18H15ClO3/c1-3-21-15-9-8-13-17(20)16(22-18(13)11(15)2)10-12-6-4-5-7-14(12)19/h4-10H,3H2,1-2H3/b16-10-. The molecule has 1 aliphatic heterocycles. The molecule has 3 rings (SSSR count). The van der Waals surface area contributed by atoms with Crippen molar-refractivity contribution in [1.29, 1.82) is 0 Å². The third kappa shape index (κ3) is 2.48. The highest BCUT2D eigenvalue weighted by atomic mass is 35.5. The van der Waals surface area contributed by atoms with Gasteiger partial charge in [-0.2, -0.15) is 0 Å². The van der Waals surface area contributed by atoms with Crippen LogP contribution in [0.4, 0.5) is 0 Å². The van der Waals surface area contributed by atoms with Crippen LogP contribution in [0, 0.1) is 6.92 Å². The lowest BCUT2D eigenvalue weighted by atomic mass is 10.1. The molecule has 0 saturated heterocycles. The van der Waals surface area contributed by atoms with Gasteiger partial charge < -0.3 is 9.47 Å². The SMILES string of the molecule is CCOc1ccc2c(c1C)O/C(=C\c1ccccc1Cl)C2=O. The van der Waals surface area contributed by atoms with Crippen LogP contribution in [-0.4, -0.2) is 12.4 Å². The summed E-state index contributed by atoms with van der Waals surface area (Å²) in [7, 11) is 0. The fourth-order valence-corrected chi connectivity index (χ4v) is 2.60. The maximum absolute atomic E-state index is 12.5. The molecule has 0 spiro atoms. The molecule has 0 atom stereocenters. The van der Waals surface area contributed by atoms with Gasteiger partial charge >= 0.3 is 0 Å². The van der Waals surface area contributed by atoms with E-state index in [0.29, 0.717) is 22.9 Å². The lowest BCUT2D eigenvalue weighted by molar-refractivity contribution is 0.101. The average Bonchev–Trinajstić information content (AvgIpc) is 2.82. The summed E-state index contributed by atoms with van der Waals surface area (Å²) in [5.74, 6) is 1.43. The van der Waals surface area contributed by atoms with E-state index in [1.165, 1.54) is 0 Å². The predicted molar refractivity (Wildman–Crippen MR) is 86.7 cm³/mol. The van der Waals surface area contributed by atoms with E-state index >= 15 is 0 Å². The summed E-state index contributed by atoms with van der Waals surface area (Å²) in [5.41, 5.74) is 2.14. The van der Waals surface area contributed by atoms with Gasteiger partial charge in [-0.25, -0.2) is 0 Å². The molecule has 2 aromatic rings. The number of hydrogen-bond acceptors (Lipinski definition) is 3. The molecular formula is C18H15ClO3. The Morgan fingerprint density at radius 1 is 1.23 bits per heavy atom. The largest absolute Gasteiger partial charge is 0.493 e. The molecule has 112 valence electrons. The van der Waals surface area contributed by atoms with E-state index in [4.69, 9.17) is 21.1 Å². The Hall–Kier alpha value is -2.26. The van der Waals surface area contributed by atoms with E-state index < -0.39 is 0 Å². The first kappa shape index (κ1) is 14.7. The van der Waals surface area contributed by atoms with Gasteiger partial charge in [0.25, 0.3) is 0 Å². The van der Waals surface area contributed by atoms with Gasteiger partial charge in [-0.05, 0) is 43.7 Å². The van der Waals surface area contributed by atoms with Crippen LogP contribution >= 0.6 is 11.6 Å². The molecule has 3 nitrogen and oxygen atoms in total. The summed E-state index contributed by atoms with van der Waals surface area (Å²) < 4.78 is 11.3. The number of carbonyl (C=O) groups is 1. The van der Waals surface area contributed by atoms with E-state index in [0.717, 1.165) is 16.9 Å². The fraction of sp³-hybridized carbons (Fsp3) is 0.167. The Labute approximate surface area is 134 Å². The summed E-state index contributed by atoms with van der Waals surface area (Å²) in [5, 5.41) is 0.578. The van der Waals surface area contributed by atoms with Crippen LogP contribution in [0.15, 0.2) is 42.2 Å². The summed E-state index contributed by atoms with van der Waals surface area (Å²) in [6.45, 7) is 4.37. The smallest absolute Gasteiger partial charge is 0.231 e. The first-order valence-electron chi connectivity index (χ1n) is 7.07. The van der Waals surface area contributed by atoms with Crippen LogP contribution in [-0.2, 0) is 0 Å². The maximum Gasteiger partial charge on any atom is 0.231 e. The number of carbonyl (C=O) groups excluding carboxylic acids is 1. The fourth-order valence-electron chi connectivity index (χ4n) is 2.41. The second-order valence-corrected chi connectivity index (χ2v) is 5.37. The normalized spacial score (nSPS) is 14.9. The van der Waals surface area contributed by atoms with Gasteiger partial charge in [0.15, 0.2) is 5.76 Å². The van der Waals surface area contributed by atoms with Crippen molar-refractivity contribution < 1.29 is 14.3 Å². The highest BCUT2D eigenvalue weighted by molar-refractivity contribution is 6.32. The Morgan fingerprint density at radius 2 is 2.00 bits per heavy atom. The molecule has 0 fully saturated rings. The topological polar surface area (TPSA) is 35.5 Å². The number of hydrogen-bond donors (Lipinski definition) is 0. The quantitative estimate of drug-likeness (QED) is 0.773. The molecule has 0 bridgehead atoms. The molecule has 0 N–H and O–H groups in total. The lowest BCUT2D eigenvalue weighted by Gasteiger charge is -2.09. The molecule has 4 heteroatoms. The second kappa shape index (κ2) is 5.85. The monoisotopic (exact) mass is 314 g/mol. The third-order valence-corrected chi connectivity index (χ3v) is 3.87. The van der Waals surface area contributed by atoms with E-state index in [2.05, 4.69) is 0 Å². The summed E-state index contributed by atoms with van der Waals surface area (Å²) in [6, 6.07) is 10.9. The van der Waals surface area contributed by atoms with Crippen molar-refractivity contribution in [2.24, 2.45) is 0 Å². The van der Waals surface area contributed by atoms with Crippen molar-refractivity contribution in [3.63, 3.8) is 0 Å². The van der Waals surface area contributed by atoms with Gasteiger partial charge in [-0.15, -0.1) is 0 Å². The van der Waals surface area contributed by atoms with Crippen molar-refractivity contribution in [3.8, 4) is 11.5 Å². The zero-order valence-electron chi connectivity index (χ0n) is 12.4. The van der Waals surface area contributed by atoms with E-state index in [-0.39, 0.29) is 11.5 Å². The minimum Gasteiger partial charge on any atom is -0.493 e. The molecule has 0 saturated carbocycles. The van der Waals surface area contributed by atoms with Crippen LogP contribution in [0.2, 0.25) is 5.02 Å². The Kier molecular flexibility index (Phi) is 3.90. The van der Waals surface area contributed by atoms with Crippen molar-refractivity contribution in [2.45, 2.75) is 13.8 Å². The number of fused-ring (bicyclic) bond motifs is 1. The van der Waals surface area contributed by atoms with Gasteiger partial charge in [0.2, 0.25) is 5.78 Å². The zero-order chi connectivity index (χ0) is 15.7. The van der Waals surface area contributed by atoms with Gasteiger partial charge in [0.05, 0.1) is 12.2 Å². The van der Waals surface area contributed by atoms with E-state index in [1.54, 1.807) is 24.3 Å². The third-order valence-electron chi connectivity index (χ3n) is 3.53. The number of benzene rings is 2. The molecule has 0 amide bonds. The first-order valence-corrected chi connectivity index (χ1v) is 7.44. The number of ketones is 1. The zero-order valence-corrected chi connectivity index (χ0v) is 13.1. The maximum atomic E-state index is 12.5. The Balaban J connectivity index is 2.01. The van der Waals surface area contributed by atoms with Crippen molar-refractivity contribution in [1.82, 2.24) is 0 Å². The predicted octanol–water partition coefficient (Wildman–Crippen LogP) is 4.66. The van der Waals surface area contributed by atoms with Gasteiger partial charge in [0, 0.05) is 10.6 Å². The molecule has 0 aromatic heterocycles. The Bertz CT molecular complexity index is 778. The molecule has 0 unspecified atom stereocenters. The molecule has 1 aliphatic rings. The number of ether oxygens (including phenoxy) is 2. The van der Waals surface area contributed by atoms with E-state index in [9.17, 15) is 4.79 Å². The van der Waals surface area contributed by atoms with Gasteiger partial charge in [-0.3, -0.25) is 4.79 Å². The summed E-state index contributed by atoms with van der Waals surface area (Å²) >= 11 is 6.13. The number of allylic oxidation sites excluding steroid dienone is 1. The molecule has 2 aromatic carbocycles. The first-order chi connectivity index (χ1) is 10.6. The molecular weight excluding hydrogens is 300 g/mol. The number of halogens is 1. The molecule has 0 radical (unpaired) electrons. The van der Waals surface area contributed by atoms with Crippen LogP contribution in [0.3, 0.4) is 0 Å².